The third-order valence-corrected chi connectivity index (χ3v) is 5.58. The van der Waals surface area contributed by atoms with E-state index in [0.29, 0.717) is 48.4 Å². The summed E-state index contributed by atoms with van der Waals surface area (Å²) in [6.45, 7) is 0.609. The van der Waals surface area contributed by atoms with Crippen LogP contribution in [-0.2, 0) is 4.79 Å². The summed E-state index contributed by atoms with van der Waals surface area (Å²) in [5.74, 6) is 2.16. The van der Waals surface area contributed by atoms with Gasteiger partial charge in [-0.25, -0.2) is 14.5 Å². The first-order valence-electron chi connectivity index (χ1n) is 9.75. The van der Waals surface area contributed by atoms with E-state index in [4.69, 9.17) is 11.7 Å². The Balaban J connectivity index is 1.44. The predicted octanol–water partition coefficient (Wildman–Crippen LogP) is 2.66. The fourth-order valence-electron chi connectivity index (χ4n) is 3.89. The average Bonchev–Trinajstić information content (AvgIpc) is 3.03. The number of terminal acetylenes is 1. The molecule has 0 unspecified atom stereocenters. The Kier molecular flexibility index (Phi) is 5.06. The lowest BCUT2D eigenvalue weighted by molar-refractivity contribution is -0.123. The summed E-state index contributed by atoms with van der Waals surface area (Å²) in [6.07, 6.45) is 5.98. The van der Waals surface area contributed by atoms with Crippen LogP contribution in [0.25, 0.3) is 0 Å². The number of amides is 5. The van der Waals surface area contributed by atoms with Gasteiger partial charge in [-0.05, 0) is 49.2 Å². The summed E-state index contributed by atoms with van der Waals surface area (Å²) >= 11 is 0. The van der Waals surface area contributed by atoms with Gasteiger partial charge in [0, 0.05) is 24.3 Å². The number of anilines is 2. The lowest BCUT2D eigenvalue weighted by Crippen LogP contribution is -2.56. The highest BCUT2D eigenvalue weighted by Gasteiger charge is 2.53. The Hall–Kier alpha value is -4.30. The third-order valence-electron chi connectivity index (χ3n) is 5.58. The lowest BCUT2D eigenvalue weighted by Gasteiger charge is -2.37. The SMILES string of the molecule is C#Cc1cccc(NC(=O)N2CCC3(CC2)NC(=O)N(c2cccc(C#N)c2)C3=O)c1. The second kappa shape index (κ2) is 7.85. The minimum atomic E-state index is -1.06. The molecule has 0 atom stereocenters. The van der Waals surface area contributed by atoms with Crippen LogP contribution in [0.4, 0.5) is 21.0 Å². The summed E-state index contributed by atoms with van der Waals surface area (Å²) in [5.41, 5.74) is 0.913. The van der Waals surface area contributed by atoms with Crippen LogP contribution in [0.15, 0.2) is 48.5 Å². The molecule has 2 aliphatic rings. The fraction of sp³-hybridized carbons (Fsp3) is 0.217. The van der Waals surface area contributed by atoms with Crippen molar-refractivity contribution in [1.82, 2.24) is 10.2 Å². The Morgan fingerprint density at radius 1 is 1.10 bits per heavy atom. The van der Waals surface area contributed by atoms with Gasteiger partial charge in [0.2, 0.25) is 0 Å². The number of hydrogen-bond donors (Lipinski definition) is 2. The summed E-state index contributed by atoms with van der Waals surface area (Å²) in [6, 6.07) is 14.5. The molecule has 0 bridgehead atoms. The van der Waals surface area contributed by atoms with Crippen molar-refractivity contribution in [3.05, 3.63) is 59.7 Å². The molecule has 154 valence electrons. The zero-order valence-electron chi connectivity index (χ0n) is 16.6. The molecule has 0 aromatic heterocycles. The Bertz CT molecular complexity index is 1150. The maximum atomic E-state index is 13.2. The van der Waals surface area contributed by atoms with E-state index in [0.717, 1.165) is 4.90 Å². The van der Waals surface area contributed by atoms with Gasteiger partial charge in [0.1, 0.15) is 5.54 Å². The zero-order chi connectivity index (χ0) is 22.0. The van der Waals surface area contributed by atoms with Crippen LogP contribution in [0, 0.1) is 23.7 Å². The molecule has 2 fully saturated rings. The van der Waals surface area contributed by atoms with Crippen LogP contribution < -0.4 is 15.5 Å². The van der Waals surface area contributed by atoms with E-state index in [2.05, 4.69) is 16.6 Å². The molecule has 5 amide bonds. The van der Waals surface area contributed by atoms with Crippen molar-refractivity contribution in [2.45, 2.75) is 18.4 Å². The van der Waals surface area contributed by atoms with Gasteiger partial charge in [0.15, 0.2) is 0 Å². The first-order valence-corrected chi connectivity index (χ1v) is 9.75. The van der Waals surface area contributed by atoms with Gasteiger partial charge < -0.3 is 15.5 Å². The van der Waals surface area contributed by atoms with Crippen LogP contribution in [0.5, 0.6) is 0 Å². The van der Waals surface area contributed by atoms with Crippen molar-refractivity contribution < 1.29 is 14.4 Å². The number of urea groups is 2. The number of imide groups is 1. The normalized spacial score (nSPS) is 17.1. The Labute approximate surface area is 179 Å². The Morgan fingerprint density at radius 2 is 1.81 bits per heavy atom. The van der Waals surface area contributed by atoms with Gasteiger partial charge in [-0.1, -0.05) is 18.1 Å². The summed E-state index contributed by atoms with van der Waals surface area (Å²) in [5, 5.41) is 14.7. The van der Waals surface area contributed by atoms with E-state index in [1.807, 2.05) is 6.07 Å². The minimum Gasteiger partial charge on any atom is -0.324 e. The number of rotatable bonds is 2. The molecule has 4 rings (SSSR count). The highest BCUT2D eigenvalue weighted by atomic mass is 16.2. The summed E-state index contributed by atoms with van der Waals surface area (Å²) < 4.78 is 0. The molecule has 1 spiro atoms. The second-order valence-corrected chi connectivity index (χ2v) is 7.46. The lowest BCUT2D eigenvalue weighted by atomic mass is 9.87. The largest absolute Gasteiger partial charge is 0.329 e. The van der Waals surface area contributed by atoms with Crippen molar-refractivity contribution in [3.8, 4) is 18.4 Å². The standard InChI is InChI=1S/C23H19N5O3/c1-2-16-5-3-7-18(13-16)25-21(30)27-11-9-23(10-12-27)20(29)28(22(31)26-23)19-8-4-6-17(14-19)15-24/h1,3-8,13-14H,9-12H2,(H,25,30)(H,26,31). The molecule has 2 aliphatic heterocycles. The van der Waals surface area contributed by atoms with Gasteiger partial charge in [0.25, 0.3) is 5.91 Å². The molecule has 0 saturated carbocycles. The number of carbonyl (C=O) groups excluding carboxylic acids is 3. The molecule has 2 aromatic carbocycles. The number of nitrogens with one attached hydrogen (secondary N) is 2. The van der Waals surface area contributed by atoms with Gasteiger partial charge in [-0.15, -0.1) is 6.42 Å². The fourth-order valence-corrected chi connectivity index (χ4v) is 3.89. The Morgan fingerprint density at radius 3 is 2.52 bits per heavy atom. The van der Waals surface area contributed by atoms with E-state index in [-0.39, 0.29) is 11.9 Å². The van der Waals surface area contributed by atoms with Crippen molar-refractivity contribution in [2.75, 3.05) is 23.3 Å². The molecule has 31 heavy (non-hydrogen) atoms. The first kappa shape index (κ1) is 20.0. The number of benzene rings is 2. The number of piperidine rings is 1. The van der Waals surface area contributed by atoms with Crippen molar-refractivity contribution >= 4 is 29.3 Å². The van der Waals surface area contributed by atoms with E-state index < -0.39 is 11.6 Å². The van der Waals surface area contributed by atoms with Gasteiger partial charge in [0.05, 0.1) is 17.3 Å². The minimum absolute atomic E-state index is 0.292. The number of likely N-dealkylation sites (tertiary alicyclic amines) is 1. The van der Waals surface area contributed by atoms with Crippen LogP contribution >= 0.6 is 0 Å². The summed E-state index contributed by atoms with van der Waals surface area (Å²) in [7, 11) is 0. The summed E-state index contributed by atoms with van der Waals surface area (Å²) in [4.78, 5) is 41.0. The van der Waals surface area contributed by atoms with E-state index in [1.54, 1.807) is 47.4 Å². The second-order valence-electron chi connectivity index (χ2n) is 7.46. The van der Waals surface area contributed by atoms with Gasteiger partial charge >= 0.3 is 12.1 Å². The molecule has 0 radical (unpaired) electrons. The van der Waals surface area contributed by atoms with Crippen LogP contribution in [-0.4, -0.2) is 41.5 Å². The van der Waals surface area contributed by atoms with Crippen molar-refractivity contribution in [2.24, 2.45) is 0 Å². The number of nitriles is 1. The third kappa shape index (κ3) is 3.67. The highest BCUT2D eigenvalue weighted by Crippen LogP contribution is 2.33. The van der Waals surface area contributed by atoms with Crippen LogP contribution in [0.1, 0.15) is 24.0 Å². The molecule has 2 saturated heterocycles. The first-order chi connectivity index (χ1) is 15.0. The van der Waals surface area contributed by atoms with Crippen LogP contribution in [0.3, 0.4) is 0 Å². The smallest absolute Gasteiger partial charge is 0.324 e. The topological polar surface area (TPSA) is 106 Å². The van der Waals surface area contributed by atoms with Crippen molar-refractivity contribution in [1.29, 1.82) is 5.26 Å². The average molecular weight is 413 g/mol. The molecular formula is C23H19N5O3. The van der Waals surface area contributed by atoms with E-state index >= 15 is 0 Å². The molecule has 2 aromatic rings. The van der Waals surface area contributed by atoms with Gasteiger partial charge in [-0.2, -0.15) is 5.26 Å². The number of nitrogens with zero attached hydrogens (tertiary/aromatic N) is 3. The predicted molar refractivity (Wildman–Crippen MR) is 114 cm³/mol. The number of carbonyl (C=O) groups is 3. The highest BCUT2D eigenvalue weighted by molar-refractivity contribution is 6.23. The maximum absolute atomic E-state index is 13.2. The van der Waals surface area contributed by atoms with Crippen molar-refractivity contribution in [3.63, 3.8) is 0 Å². The zero-order valence-corrected chi connectivity index (χ0v) is 16.6. The van der Waals surface area contributed by atoms with Crippen LogP contribution in [0.2, 0.25) is 0 Å². The molecule has 2 N–H and O–H groups in total. The molecular weight excluding hydrogens is 394 g/mol. The molecule has 2 heterocycles. The number of hydrogen-bond acceptors (Lipinski definition) is 4. The molecule has 8 heteroatoms. The quantitative estimate of drug-likeness (QED) is 0.583. The maximum Gasteiger partial charge on any atom is 0.329 e. The van der Waals surface area contributed by atoms with E-state index in [9.17, 15) is 14.4 Å². The monoisotopic (exact) mass is 413 g/mol. The van der Waals surface area contributed by atoms with Gasteiger partial charge in [-0.3, -0.25) is 4.79 Å². The molecule has 8 nitrogen and oxygen atoms in total. The van der Waals surface area contributed by atoms with E-state index in [1.165, 1.54) is 6.07 Å². The molecule has 0 aliphatic carbocycles.